The summed E-state index contributed by atoms with van der Waals surface area (Å²) in [7, 11) is 0. The van der Waals surface area contributed by atoms with E-state index in [1.54, 1.807) is 0 Å². The second-order valence-electron chi connectivity index (χ2n) is 4.49. The zero-order chi connectivity index (χ0) is 10.2. The fourth-order valence-corrected chi connectivity index (χ4v) is 1.84. The molecule has 2 fully saturated rings. The summed E-state index contributed by atoms with van der Waals surface area (Å²) in [6.07, 6.45) is 2.41. The number of hydrogen-bond donors (Lipinski definition) is 2. The van der Waals surface area contributed by atoms with Crippen molar-refractivity contribution in [2.75, 3.05) is 13.2 Å². The van der Waals surface area contributed by atoms with Gasteiger partial charge in [-0.1, -0.05) is 6.92 Å². The molecule has 0 bridgehead atoms. The molecule has 0 radical (unpaired) electrons. The summed E-state index contributed by atoms with van der Waals surface area (Å²) >= 11 is 0. The molecule has 4 nitrogen and oxygen atoms in total. The van der Waals surface area contributed by atoms with Crippen LogP contribution in [0.3, 0.4) is 0 Å². The number of amides is 1. The number of hydrogen-bond acceptors (Lipinski definition) is 3. The lowest BCUT2D eigenvalue weighted by Gasteiger charge is -2.19. The maximum Gasteiger partial charge on any atom is 0.249 e. The van der Waals surface area contributed by atoms with Crippen molar-refractivity contribution < 1.29 is 14.6 Å². The molecule has 2 N–H and O–H groups in total. The van der Waals surface area contributed by atoms with Crippen molar-refractivity contribution in [3.05, 3.63) is 0 Å². The number of aliphatic hydroxyl groups excluding tert-OH is 1. The molecule has 0 spiro atoms. The van der Waals surface area contributed by atoms with E-state index in [0.29, 0.717) is 12.5 Å². The van der Waals surface area contributed by atoms with Gasteiger partial charge in [-0.3, -0.25) is 4.79 Å². The van der Waals surface area contributed by atoms with E-state index in [0.717, 1.165) is 19.3 Å². The van der Waals surface area contributed by atoms with Gasteiger partial charge in [-0.2, -0.15) is 0 Å². The summed E-state index contributed by atoms with van der Waals surface area (Å²) in [5, 5.41) is 11.9. The van der Waals surface area contributed by atoms with Gasteiger partial charge in [-0.05, 0) is 25.2 Å². The number of aliphatic hydroxyl groups is 1. The normalized spacial score (nSPS) is 34.1. The minimum Gasteiger partial charge on any atom is -0.394 e. The van der Waals surface area contributed by atoms with Gasteiger partial charge in [-0.15, -0.1) is 0 Å². The fraction of sp³-hybridized carbons (Fsp3) is 0.900. The molecular formula is C10H17NO3. The van der Waals surface area contributed by atoms with Gasteiger partial charge in [0.15, 0.2) is 0 Å². The summed E-state index contributed by atoms with van der Waals surface area (Å²) in [6.45, 7) is 2.74. The van der Waals surface area contributed by atoms with Gasteiger partial charge in [0.05, 0.1) is 12.1 Å². The molecule has 0 aromatic carbocycles. The smallest absolute Gasteiger partial charge is 0.249 e. The maximum atomic E-state index is 11.7. The Kier molecular flexibility index (Phi) is 2.49. The first-order valence-corrected chi connectivity index (χ1v) is 5.21. The third kappa shape index (κ3) is 1.77. The van der Waals surface area contributed by atoms with Gasteiger partial charge >= 0.3 is 0 Å². The van der Waals surface area contributed by atoms with Crippen molar-refractivity contribution in [1.29, 1.82) is 0 Å². The van der Waals surface area contributed by atoms with Crippen molar-refractivity contribution in [1.82, 2.24) is 5.32 Å². The first kappa shape index (κ1) is 9.93. The van der Waals surface area contributed by atoms with Gasteiger partial charge in [0, 0.05) is 6.61 Å². The molecule has 2 aliphatic rings. The summed E-state index contributed by atoms with van der Waals surface area (Å²) in [4.78, 5) is 11.7. The van der Waals surface area contributed by atoms with Gasteiger partial charge in [-0.25, -0.2) is 0 Å². The highest BCUT2D eigenvalue weighted by molar-refractivity contribution is 5.82. The number of nitrogens with one attached hydrogen (secondary N) is 1. The molecule has 4 heteroatoms. The number of carbonyl (C=O) groups is 1. The van der Waals surface area contributed by atoms with E-state index in [1.807, 2.05) is 6.92 Å². The van der Waals surface area contributed by atoms with Crippen molar-refractivity contribution in [3.8, 4) is 0 Å². The lowest BCUT2D eigenvalue weighted by Crippen LogP contribution is -2.46. The highest BCUT2D eigenvalue weighted by atomic mass is 16.5. The van der Waals surface area contributed by atoms with Crippen LogP contribution in [-0.2, 0) is 9.53 Å². The predicted octanol–water partition coefficient (Wildman–Crippen LogP) is 0.0525. The van der Waals surface area contributed by atoms with E-state index in [2.05, 4.69) is 5.32 Å². The van der Waals surface area contributed by atoms with E-state index < -0.39 is 0 Å². The molecule has 0 aromatic heterocycles. The first-order chi connectivity index (χ1) is 6.67. The average molecular weight is 199 g/mol. The van der Waals surface area contributed by atoms with Crippen LogP contribution < -0.4 is 5.32 Å². The van der Waals surface area contributed by atoms with Crippen molar-refractivity contribution in [3.63, 3.8) is 0 Å². The monoisotopic (exact) mass is 199 g/mol. The van der Waals surface area contributed by atoms with Crippen LogP contribution in [0.4, 0.5) is 0 Å². The average Bonchev–Trinajstić information content (AvgIpc) is 2.80. The zero-order valence-electron chi connectivity index (χ0n) is 8.45. The Morgan fingerprint density at radius 1 is 1.64 bits per heavy atom. The fourth-order valence-electron chi connectivity index (χ4n) is 1.84. The molecule has 1 saturated carbocycles. The summed E-state index contributed by atoms with van der Waals surface area (Å²) in [5.74, 6) is 0.242. The second kappa shape index (κ2) is 3.51. The molecule has 1 aliphatic carbocycles. The Morgan fingerprint density at radius 3 is 2.79 bits per heavy atom. The molecular weight excluding hydrogens is 182 g/mol. The Morgan fingerprint density at radius 2 is 2.36 bits per heavy atom. The number of carbonyl (C=O) groups excluding carboxylic acids is 1. The predicted molar refractivity (Wildman–Crippen MR) is 50.7 cm³/mol. The summed E-state index contributed by atoms with van der Waals surface area (Å²) in [5.41, 5.74) is -0.317. The second-order valence-corrected chi connectivity index (χ2v) is 4.49. The van der Waals surface area contributed by atoms with Crippen LogP contribution in [0.1, 0.15) is 26.2 Å². The standard InChI is InChI=1S/C10H17NO3/c1-7-2-5-14-8(7)9(13)11-10(6-12)3-4-10/h7-8,12H,2-6H2,1H3,(H,11,13). The maximum absolute atomic E-state index is 11.7. The Hall–Kier alpha value is -0.610. The van der Waals surface area contributed by atoms with Crippen molar-refractivity contribution >= 4 is 5.91 Å². The minimum atomic E-state index is -0.317. The first-order valence-electron chi connectivity index (χ1n) is 5.21. The van der Waals surface area contributed by atoms with E-state index in [4.69, 9.17) is 9.84 Å². The molecule has 14 heavy (non-hydrogen) atoms. The van der Waals surface area contributed by atoms with Crippen LogP contribution in [0.5, 0.6) is 0 Å². The molecule has 1 saturated heterocycles. The van der Waals surface area contributed by atoms with E-state index in [-0.39, 0.29) is 24.2 Å². The lowest BCUT2D eigenvalue weighted by atomic mass is 10.0. The van der Waals surface area contributed by atoms with Crippen LogP contribution in [-0.4, -0.2) is 35.9 Å². The van der Waals surface area contributed by atoms with Gasteiger partial charge in [0.1, 0.15) is 6.10 Å². The lowest BCUT2D eigenvalue weighted by molar-refractivity contribution is -0.132. The Labute approximate surface area is 83.6 Å². The highest BCUT2D eigenvalue weighted by Gasteiger charge is 2.45. The third-order valence-corrected chi connectivity index (χ3v) is 3.19. The van der Waals surface area contributed by atoms with Gasteiger partial charge in [0.2, 0.25) is 5.91 Å². The molecule has 1 heterocycles. The molecule has 2 unspecified atom stereocenters. The van der Waals surface area contributed by atoms with Crippen molar-refractivity contribution in [2.45, 2.75) is 37.8 Å². The quantitative estimate of drug-likeness (QED) is 0.675. The molecule has 2 rings (SSSR count). The van der Waals surface area contributed by atoms with Crippen molar-refractivity contribution in [2.24, 2.45) is 5.92 Å². The summed E-state index contributed by atoms with van der Waals surface area (Å²) < 4.78 is 5.35. The topological polar surface area (TPSA) is 58.6 Å². The van der Waals surface area contributed by atoms with E-state index in [1.165, 1.54) is 0 Å². The summed E-state index contributed by atoms with van der Waals surface area (Å²) in [6, 6.07) is 0. The Bertz CT molecular complexity index is 238. The molecule has 2 atom stereocenters. The molecule has 0 aromatic rings. The minimum absolute atomic E-state index is 0.0415. The third-order valence-electron chi connectivity index (χ3n) is 3.19. The van der Waals surface area contributed by atoms with Crippen LogP contribution >= 0.6 is 0 Å². The number of rotatable bonds is 3. The van der Waals surface area contributed by atoms with Gasteiger partial charge in [0.25, 0.3) is 0 Å². The number of ether oxygens (including phenoxy) is 1. The van der Waals surface area contributed by atoms with Crippen LogP contribution in [0.15, 0.2) is 0 Å². The molecule has 1 amide bonds. The van der Waals surface area contributed by atoms with Crippen LogP contribution in [0, 0.1) is 5.92 Å². The van der Waals surface area contributed by atoms with Gasteiger partial charge < -0.3 is 15.2 Å². The van der Waals surface area contributed by atoms with Crippen LogP contribution in [0.2, 0.25) is 0 Å². The van der Waals surface area contributed by atoms with Crippen LogP contribution in [0.25, 0.3) is 0 Å². The SMILES string of the molecule is CC1CCOC1C(=O)NC1(CO)CC1. The largest absolute Gasteiger partial charge is 0.394 e. The molecule has 80 valence electrons. The highest BCUT2D eigenvalue weighted by Crippen LogP contribution is 2.35. The van der Waals surface area contributed by atoms with E-state index >= 15 is 0 Å². The Balaban J connectivity index is 1.89. The zero-order valence-corrected chi connectivity index (χ0v) is 8.45. The van der Waals surface area contributed by atoms with E-state index in [9.17, 15) is 4.79 Å². The molecule has 1 aliphatic heterocycles.